The minimum Gasteiger partial charge on any atom is -0.488 e. The minimum atomic E-state index is -1.06. The molecule has 2 aromatic rings. The first kappa shape index (κ1) is 53.2. The molecule has 5 amide bonds. The molecule has 62 heavy (non-hydrogen) atoms. The molecule has 2 rings (SSSR count). The largest absolute Gasteiger partial charge is 0.488 e. The summed E-state index contributed by atoms with van der Waals surface area (Å²) in [6.45, 7) is 11.0. The molecule has 0 aromatic heterocycles. The summed E-state index contributed by atoms with van der Waals surface area (Å²) < 4.78 is 10.8. The van der Waals surface area contributed by atoms with E-state index in [4.69, 9.17) is 9.47 Å². The van der Waals surface area contributed by atoms with Gasteiger partial charge in [0.1, 0.15) is 29.5 Å². The highest BCUT2D eigenvalue weighted by molar-refractivity contribution is 5.94. The van der Waals surface area contributed by atoms with Gasteiger partial charge in [-0.2, -0.15) is 0 Å². The van der Waals surface area contributed by atoms with Crippen LogP contribution in [0.4, 0.5) is 0 Å². The van der Waals surface area contributed by atoms with Crippen molar-refractivity contribution in [3.05, 3.63) is 65.7 Å². The molecule has 5 N–H and O–H groups in total. The van der Waals surface area contributed by atoms with Gasteiger partial charge in [0, 0.05) is 19.3 Å². The molecule has 0 heterocycles. The van der Waals surface area contributed by atoms with E-state index in [0.29, 0.717) is 18.6 Å². The fourth-order valence-electron chi connectivity index (χ4n) is 7.00. The number of carbonyl (C=O) groups is 6. The molecule has 3 atom stereocenters. The second kappa shape index (κ2) is 30.2. The number of carbonyl (C=O) groups excluding carboxylic acids is 6. The summed E-state index contributed by atoms with van der Waals surface area (Å²) in [4.78, 5) is 78.4. The first-order valence-corrected chi connectivity index (χ1v) is 22.9. The molecule has 0 spiro atoms. The molecule has 0 unspecified atom stereocenters. The molecular formula is C49H77N5O8. The first-order valence-electron chi connectivity index (χ1n) is 22.9. The maximum Gasteiger partial charge on any atom is 0.328 e. The Hall–Kier alpha value is -4.94. The van der Waals surface area contributed by atoms with Crippen molar-refractivity contribution in [3.8, 4) is 5.75 Å². The van der Waals surface area contributed by atoms with Crippen LogP contribution in [0, 0.1) is 5.92 Å². The summed E-state index contributed by atoms with van der Waals surface area (Å²) in [6, 6.07) is 13.5. The predicted molar refractivity (Wildman–Crippen MR) is 244 cm³/mol. The maximum absolute atomic E-state index is 13.5. The van der Waals surface area contributed by atoms with Crippen LogP contribution in [0.15, 0.2) is 54.6 Å². The Morgan fingerprint density at radius 2 is 1.06 bits per heavy atom. The van der Waals surface area contributed by atoms with Crippen LogP contribution in [-0.4, -0.2) is 79.4 Å². The van der Waals surface area contributed by atoms with Crippen molar-refractivity contribution in [2.45, 2.75) is 174 Å². The minimum absolute atomic E-state index is 0.0813. The molecular weight excluding hydrogens is 787 g/mol. The Morgan fingerprint density at radius 3 is 1.60 bits per heavy atom. The second-order valence-electron chi connectivity index (χ2n) is 17.7. The van der Waals surface area contributed by atoms with E-state index in [9.17, 15) is 28.8 Å². The van der Waals surface area contributed by atoms with E-state index in [1.54, 1.807) is 0 Å². The van der Waals surface area contributed by atoms with Crippen molar-refractivity contribution < 1.29 is 38.2 Å². The van der Waals surface area contributed by atoms with Crippen LogP contribution in [0.5, 0.6) is 5.75 Å². The number of methoxy groups -OCH3 is 1. The van der Waals surface area contributed by atoms with Gasteiger partial charge in [-0.3, -0.25) is 24.0 Å². The van der Waals surface area contributed by atoms with Gasteiger partial charge < -0.3 is 36.1 Å². The first-order chi connectivity index (χ1) is 29.6. The second-order valence-corrected chi connectivity index (χ2v) is 17.7. The van der Waals surface area contributed by atoms with Gasteiger partial charge in [0.25, 0.3) is 0 Å². The zero-order valence-corrected chi connectivity index (χ0v) is 38.7. The van der Waals surface area contributed by atoms with Crippen LogP contribution >= 0.6 is 0 Å². The lowest BCUT2D eigenvalue weighted by molar-refractivity contribution is -0.145. The van der Waals surface area contributed by atoms with Crippen LogP contribution in [-0.2, 0) is 46.3 Å². The van der Waals surface area contributed by atoms with Crippen LogP contribution in [0.25, 0.3) is 0 Å². The third-order valence-electron chi connectivity index (χ3n) is 10.3. The van der Waals surface area contributed by atoms with Crippen molar-refractivity contribution in [1.82, 2.24) is 26.6 Å². The summed E-state index contributed by atoms with van der Waals surface area (Å²) in [5, 5.41) is 13.3. The fourth-order valence-corrected chi connectivity index (χ4v) is 7.00. The number of nitrogens with one attached hydrogen (secondary N) is 5. The summed E-state index contributed by atoms with van der Waals surface area (Å²) in [5.41, 5.74) is 1.19. The number of benzene rings is 2. The zero-order chi connectivity index (χ0) is 45.8. The SMILES string of the molecule is CCCCCCCCCCCCCCCC(=O)N[C@@H](Cc1ccc(OC(C)(C)C)cc1)C(=O)NCC(=O)NCC(=O)N[C@@H](Cc1ccccc1)C(=O)N[C@@H](CC(C)C)C(=O)OC. The monoisotopic (exact) mass is 864 g/mol. The highest BCUT2D eigenvalue weighted by Crippen LogP contribution is 2.20. The Kier molecular flexibility index (Phi) is 25.9. The Bertz CT molecular complexity index is 1630. The van der Waals surface area contributed by atoms with Crippen molar-refractivity contribution in [3.63, 3.8) is 0 Å². The van der Waals surface area contributed by atoms with E-state index in [-0.39, 0.29) is 30.3 Å². The van der Waals surface area contributed by atoms with Crippen molar-refractivity contribution in [2.24, 2.45) is 5.92 Å². The van der Waals surface area contributed by atoms with E-state index in [1.807, 2.05) is 89.2 Å². The third-order valence-corrected chi connectivity index (χ3v) is 10.3. The van der Waals surface area contributed by atoms with Crippen LogP contribution in [0.3, 0.4) is 0 Å². The summed E-state index contributed by atoms with van der Waals surface area (Å²) in [7, 11) is 1.25. The molecule has 13 heteroatoms. The van der Waals surface area contributed by atoms with Crippen LogP contribution in [0.2, 0.25) is 0 Å². The number of hydrogen-bond acceptors (Lipinski definition) is 8. The van der Waals surface area contributed by atoms with Gasteiger partial charge in [0.2, 0.25) is 29.5 Å². The van der Waals surface area contributed by atoms with Gasteiger partial charge >= 0.3 is 5.97 Å². The van der Waals surface area contributed by atoms with E-state index in [0.717, 1.165) is 36.8 Å². The van der Waals surface area contributed by atoms with Crippen molar-refractivity contribution in [1.29, 1.82) is 0 Å². The van der Waals surface area contributed by atoms with Crippen LogP contribution < -0.4 is 31.3 Å². The molecule has 0 aliphatic rings. The number of esters is 1. The standard InChI is InChI=1S/C49H77N5O8/c1-8-9-10-11-12-13-14-15-16-17-18-19-23-26-43(55)52-40(33-38-27-29-39(30-28-38)62-49(4,5)6)46(58)51-34-44(56)50-35-45(57)53-41(32-37-24-21-20-22-25-37)47(59)54-42(31-36(2)3)48(60)61-7/h20-22,24-25,27-30,36,40-42H,8-19,23,26,31-35H2,1-7H3,(H,50,56)(H,51,58)(H,52,55)(H,53,57)(H,54,59)/t40-,41-,42-/m0/s1. The highest BCUT2D eigenvalue weighted by atomic mass is 16.5. The highest BCUT2D eigenvalue weighted by Gasteiger charge is 2.28. The molecule has 346 valence electrons. The predicted octanol–water partition coefficient (Wildman–Crippen LogP) is 7.04. The molecule has 0 aliphatic heterocycles. The fraction of sp³-hybridized carbons (Fsp3) is 0.633. The zero-order valence-electron chi connectivity index (χ0n) is 38.7. The average molecular weight is 864 g/mol. The normalized spacial score (nSPS) is 12.7. The van der Waals surface area contributed by atoms with Gasteiger partial charge in [-0.25, -0.2) is 4.79 Å². The Labute approximate surface area is 371 Å². The number of hydrogen-bond donors (Lipinski definition) is 5. The lowest BCUT2D eigenvalue weighted by atomic mass is 10.0. The molecule has 2 aromatic carbocycles. The molecule has 0 fully saturated rings. The van der Waals surface area contributed by atoms with Gasteiger partial charge in [0.15, 0.2) is 0 Å². The molecule has 0 saturated carbocycles. The summed E-state index contributed by atoms with van der Waals surface area (Å²) in [6.07, 6.45) is 16.5. The van der Waals surface area contributed by atoms with Crippen molar-refractivity contribution in [2.75, 3.05) is 20.2 Å². The van der Waals surface area contributed by atoms with E-state index in [1.165, 1.54) is 64.9 Å². The van der Waals surface area contributed by atoms with Gasteiger partial charge in [-0.05, 0) is 62.8 Å². The van der Waals surface area contributed by atoms with E-state index in [2.05, 4.69) is 33.5 Å². The molecule has 0 saturated heterocycles. The van der Waals surface area contributed by atoms with Gasteiger partial charge in [-0.1, -0.05) is 140 Å². The summed E-state index contributed by atoms with van der Waals surface area (Å²) >= 11 is 0. The summed E-state index contributed by atoms with van der Waals surface area (Å²) in [5.74, 6) is -2.47. The Balaban J connectivity index is 1.95. The average Bonchev–Trinajstić information content (AvgIpc) is 3.23. The maximum atomic E-state index is 13.5. The molecule has 13 nitrogen and oxygen atoms in total. The van der Waals surface area contributed by atoms with Gasteiger partial charge in [-0.15, -0.1) is 0 Å². The topological polar surface area (TPSA) is 181 Å². The van der Waals surface area contributed by atoms with E-state index < -0.39 is 60.8 Å². The lowest BCUT2D eigenvalue weighted by Crippen LogP contribution is -2.54. The third kappa shape index (κ3) is 24.5. The van der Waals surface area contributed by atoms with Gasteiger partial charge in [0.05, 0.1) is 20.2 Å². The molecule has 0 bridgehead atoms. The number of amides is 5. The Morgan fingerprint density at radius 1 is 0.565 bits per heavy atom. The number of rotatable bonds is 31. The van der Waals surface area contributed by atoms with E-state index >= 15 is 0 Å². The number of ether oxygens (including phenoxy) is 2. The lowest BCUT2D eigenvalue weighted by Gasteiger charge is -2.23. The molecule has 0 radical (unpaired) electrons. The quantitative estimate of drug-likeness (QED) is 0.0396. The number of unbranched alkanes of at least 4 members (excludes halogenated alkanes) is 12. The molecule has 0 aliphatic carbocycles. The van der Waals surface area contributed by atoms with Crippen LogP contribution in [0.1, 0.15) is 149 Å². The smallest absolute Gasteiger partial charge is 0.328 e. The van der Waals surface area contributed by atoms with Crippen molar-refractivity contribution >= 4 is 35.5 Å².